The monoisotopic (exact) mass is 348 g/mol. The van der Waals surface area contributed by atoms with Crippen molar-refractivity contribution in [3.05, 3.63) is 52.5 Å². The zero-order valence-corrected chi connectivity index (χ0v) is 12.5. The van der Waals surface area contributed by atoms with Crippen LogP contribution in [0.1, 0.15) is 10.4 Å². The van der Waals surface area contributed by atoms with Crippen molar-refractivity contribution in [1.29, 1.82) is 0 Å². The molecular weight excluding hydrogens is 340 g/mol. The van der Waals surface area contributed by atoms with Gasteiger partial charge in [0.1, 0.15) is 0 Å². The van der Waals surface area contributed by atoms with Crippen molar-refractivity contribution in [3.63, 3.8) is 0 Å². The molecule has 0 amide bonds. The second-order valence-corrected chi connectivity index (χ2v) is 6.05. The van der Waals surface area contributed by atoms with Gasteiger partial charge in [-0.25, -0.2) is 9.78 Å². The summed E-state index contributed by atoms with van der Waals surface area (Å²) in [4.78, 5) is 15.6. The summed E-state index contributed by atoms with van der Waals surface area (Å²) in [6, 6.07) is 12.6. The third-order valence-corrected chi connectivity index (χ3v) is 4.18. The van der Waals surface area contributed by atoms with Crippen molar-refractivity contribution in [2.45, 2.75) is 0 Å². The predicted molar refractivity (Wildman–Crippen MR) is 84.0 cm³/mol. The molecule has 1 aromatic heterocycles. The van der Waals surface area contributed by atoms with Gasteiger partial charge in [-0.1, -0.05) is 39.4 Å². The molecule has 20 heavy (non-hydrogen) atoms. The molecule has 0 bridgehead atoms. The number of thiazole rings is 1. The third-order valence-electron chi connectivity index (χ3n) is 2.75. The number of benzene rings is 2. The lowest BCUT2D eigenvalue weighted by Gasteiger charge is -2.05. The minimum atomic E-state index is -0.961. The molecule has 1 heterocycles. The highest BCUT2D eigenvalue weighted by molar-refractivity contribution is 9.10. The number of rotatable bonds is 3. The second kappa shape index (κ2) is 5.22. The molecule has 0 saturated carbocycles. The van der Waals surface area contributed by atoms with Crippen LogP contribution in [-0.4, -0.2) is 16.1 Å². The minimum Gasteiger partial charge on any atom is -0.478 e. The molecule has 0 unspecified atom stereocenters. The highest BCUT2D eigenvalue weighted by Gasteiger charge is 2.11. The SMILES string of the molecule is O=C(O)c1ccccc1Nc1nc2ccc(Br)cc2s1. The van der Waals surface area contributed by atoms with Crippen LogP contribution in [0, 0.1) is 0 Å². The van der Waals surface area contributed by atoms with Gasteiger partial charge in [-0.05, 0) is 30.3 Å². The second-order valence-electron chi connectivity index (χ2n) is 4.11. The van der Waals surface area contributed by atoms with Crippen molar-refractivity contribution in [2.24, 2.45) is 0 Å². The zero-order valence-electron chi connectivity index (χ0n) is 10.1. The molecule has 2 N–H and O–H groups in total. The fraction of sp³-hybridized carbons (Fsp3) is 0. The summed E-state index contributed by atoms with van der Waals surface area (Å²) in [5, 5.41) is 12.9. The lowest BCUT2D eigenvalue weighted by molar-refractivity contribution is 0.0698. The van der Waals surface area contributed by atoms with E-state index >= 15 is 0 Å². The van der Waals surface area contributed by atoms with E-state index in [4.69, 9.17) is 5.11 Å². The van der Waals surface area contributed by atoms with Crippen LogP contribution in [0.2, 0.25) is 0 Å². The first kappa shape index (κ1) is 13.1. The van der Waals surface area contributed by atoms with Crippen LogP contribution >= 0.6 is 27.3 Å². The molecule has 3 aromatic rings. The molecule has 0 aliphatic heterocycles. The van der Waals surface area contributed by atoms with E-state index in [9.17, 15) is 4.79 Å². The Morgan fingerprint density at radius 1 is 1.25 bits per heavy atom. The Balaban J connectivity index is 1.99. The molecule has 0 atom stereocenters. The Kier molecular flexibility index (Phi) is 3.42. The van der Waals surface area contributed by atoms with E-state index in [0.717, 1.165) is 14.7 Å². The van der Waals surface area contributed by atoms with E-state index < -0.39 is 5.97 Å². The van der Waals surface area contributed by atoms with Crippen molar-refractivity contribution >= 4 is 54.3 Å². The van der Waals surface area contributed by atoms with Crippen LogP contribution in [0.4, 0.5) is 10.8 Å². The number of nitrogens with zero attached hydrogens (tertiary/aromatic N) is 1. The number of carboxylic acid groups (broad SMARTS) is 1. The first-order chi connectivity index (χ1) is 9.63. The average Bonchev–Trinajstić information content (AvgIpc) is 2.80. The van der Waals surface area contributed by atoms with Gasteiger partial charge in [0, 0.05) is 4.47 Å². The highest BCUT2D eigenvalue weighted by Crippen LogP contribution is 2.31. The van der Waals surface area contributed by atoms with Gasteiger partial charge in [0.05, 0.1) is 21.5 Å². The molecule has 0 radical (unpaired) electrons. The molecule has 4 nitrogen and oxygen atoms in total. The first-order valence-electron chi connectivity index (χ1n) is 5.79. The Hall–Kier alpha value is -1.92. The Morgan fingerprint density at radius 3 is 2.85 bits per heavy atom. The topological polar surface area (TPSA) is 62.2 Å². The molecule has 0 aliphatic carbocycles. The number of hydrogen-bond acceptors (Lipinski definition) is 4. The quantitative estimate of drug-likeness (QED) is 0.731. The predicted octanol–water partition coefficient (Wildman–Crippen LogP) is 4.50. The number of carboxylic acids is 1. The molecule has 100 valence electrons. The van der Waals surface area contributed by atoms with E-state index in [0.29, 0.717) is 10.8 Å². The van der Waals surface area contributed by atoms with Gasteiger partial charge >= 0.3 is 5.97 Å². The van der Waals surface area contributed by atoms with Crippen LogP contribution in [-0.2, 0) is 0 Å². The van der Waals surface area contributed by atoms with E-state index in [1.165, 1.54) is 11.3 Å². The summed E-state index contributed by atoms with van der Waals surface area (Å²) in [6.45, 7) is 0. The molecule has 3 rings (SSSR count). The fourth-order valence-corrected chi connectivity index (χ4v) is 3.28. The number of halogens is 1. The molecule has 0 saturated heterocycles. The van der Waals surface area contributed by atoms with Gasteiger partial charge in [-0.15, -0.1) is 0 Å². The lowest BCUT2D eigenvalue weighted by Crippen LogP contribution is -2.01. The van der Waals surface area contributed by atoms with Crippen molar-refractivity contribution < 1.29 is 9.90 Å². The number of para-hydroxylation sites is 1. The van der Waals surface area contributed by atoms with Gasteiger partial charge in [0.2, 0.25) is 0 Å². The van der Waals surface area contributed by atoms with Crippen LogP contribution in [0.5, 0.6) is 0 Å². The first-order valence-corrected chi connectivity index (χ1v) is 7.40. The zero-order chi connectivity index (χ0) is 14.1. The highest BCUT2D eigenvalue weighted by atomic mass is 79.9. The van der Waals surface area contributed by atoms with Gasteiger partial charge in [0.15, 0.2) is 5.13 Å². The number of fused-ring (bicyclic) bond motifs is 1. The van der Waals surface area contributed by atoms with E-state index in [-0.39, 0.29) is 5.56 Å². The molecular formula is C14H9BrN2O2S. The summed E-state index contributed by atoms with van der Waals surface area (Å²) in [6.07, 6.45) is 0. The maximum Gasteiger partial charge on any atom is 0.337 e. The van der Waals surface area contributed by atoms with Gasteiger partial charge in [-0.3, -0.25) is 0 Å². The van der Waals surface area contributed by atoms with E-state index in [1.54, 1.807) is 24.3 Å². The Bertz CT molecular complexity index is 801. The van der Waals surface area contributed by atoms with Crippen LogP contribution < -0.4 is 5.32 Å². The van der Waals surface area contributed by atoms with E-state index in [1.807, 2.05) is 18.2 Å². The van der Waals surface area contributed by atoms with Gasteiger partial charge in [-0.2, -0.15) is 0 Å². The largest absolute Gasteiger partial charge is 0.478 e. The van der Waals surface area contributed by atoms with Crippen molar-refractivity contribution in [2.75, 3.05) is 5.32 Å². The number of nitrogens with one attached hydrogen (secondary N) is 1. The number of carbonyl (C=O) groups is 1. The number of aromatic carboxylic acids is 1. The minimum absolute atomic E-state index is 0.230. The van der Waals surface area contributed by atoms with Crippen molar-refractivity contribution in [1.82, 2.24) is 4.98 Å². The molecule has 2 aromatic carbocycles. The third kappa shape index (κ3) is 2.52. The maximum atomic E-state index is 11.2. The number of anilines is 2. The Morgan fingerprint density at radius 2 is 2.05 bits per heavy atom. The smallest absolute Gasteiger partial charge is 0.337 e. The van der Waals surface area contributed by atoms with Crippen LogP contribution in [0.15, 0.2) is 46.9 Å². The van der Waals surface area contributed by atoms with Gasteiger partial charge < -0.3 is 10.4 Å². The summed E-state index contributed by atoms with van der Waals surface area (Å²) >= 11 is 4.90. The Labute approximate surface area is 127 Å². The molecule has 0 spiro atoms. The number of aromatic nitrogens is 1. The molecule has 0 fully saturated rings. The standard InChI is InChI=1S/C14H9BrN2O2S/c15-8-5-6-11-12(7-8)20-14(17-11)16-10-4-2-1-3-9(10)13(18)19/h1-7H,(H,16,17)(H,18,19). The summed E-state index contributed by atoms with van der Waals surface area (Å²) < 4.78 is 2.03. The summed E-state index contributed by atoms with van der Waals surface area (Å²) in [7, 11) is 0. The normalized spacial score (nSPS) is 10.7. The van der Waals surface area contributed by atoms with Gasteiger partial charge in [0.25, 0.3) is 0 Å². The van der Waals surface area contributed by atoms with Crippen LogP contribution in [0.3, 0.4) is 0 Å². The fourth-order valence-electron chi connectivity index (χ4n) is 1.85. The average molecular weight is 349 g/mol. The molecule has 0 aliphatic rings. The lowest BCUT2D eigenvalue weighted by atomic mass is 10.2. The summed E-state index contributed by atoms with van der Waals surface area (Å²) in [5.41, 5.74) is 1.65. The van der Waals surface area contributed by atoms with Crippen LogP contribution in [0.25, 0.3) is 10.2 Å². The molecule has 6 heteroatoms. The number of hydrogen-bond donors (Lipinski definition) is 2. The maximum absolute atomic E-state index is 11.2. The van der Waals surface area contributed by atoms with E-state index in [2.05, 4.69) is 26.2 Å². The summed E-state index contributed by atoms with van der Waals surface area (Å²) in [5.74, 6) is -0.961. The van der Waals surface area contributed by atoms with Crippen molar-refractivity contribution in [3.8, 4) is 0 Å².